The Morgan fingerprint density at radius 1 is 1.50 bits per heavy atom. The van der Waals surface area contributed by atoms with Crippen molar-refractivity contribution in [2.45, 2.75) is 38.6 Å². The average Bonchev–Trinajstić information content (AvgIpc) is 2.68. The van der Waals surface area contributed by atoms with Crippen LogP contribution in [0.1, 0.15) is 31.4 Å². The first-order valence-corrected chi connectivity index (χ1v) is 8.16. The zero-order chi connectivity index (χ0) is 13.2. The number of hydrogen-bond acceptors (Lipinski definition) is 5. The highest BCUT2D eigenvalue weighted by Gasteiger charge is 2.24. The van der Waals surface area contributed by atoms with Crippen molar-refractivity contribution in [2.75, 3.05) is 11.5 Å². The van der Waals surface area contributed by atoms with Crippen molar-refractivity contribution in [1.29, 1.82) is 0 Å². The summed E-state index contributed by atoms with van der Waals surface area (Å²) in [6.07, 6.45) is 4.57. The van der Waals surface area contributed by atoms with E-state index in [-0.39, 0.29) is 6.04 Å². The molecule has 1 aliphatic heterocycles. The maximum atomic E-state index is 11.3. The summed E-state index contributed by atoms with van der Waals surface area (Å²) in [6, 6.07) is 0.0608. The first-order chi connectivity index (χ1) is 8.44. The fraction of sp³-hybridized carbons (Fsp3) is 0.750. The minimum Gasteiger partial charge on any atom is -0.446 e. The van der Waals surface area contributed by atoms with Crippen molar-refractivity contribution in [3.63, 3.8) is 0 Å². The Morgan fingerprint density at radius 2 is 2.17 bits per heavy atom. The molecule has 0 saturated carbocycles. The molecule has 1 aliphatic rings. The molecule has 18 heavy (non-hydrogen) atoms. The van der Waals surface area contributed by atoms with Crippen LogP contribution in [-0.2, 0) is 22.7 Å². The normalized spacial score (nSPS) is 21.9. The minimum atomic E-state index is -2.79. The predicted octanol–water partition coefficient (Wildman–Crippen LogP) is 0.932. The lowest BCUT2D eigenvalue weighted by Gasteiger charge is -2.20. The van der Waals surface area contributed by atoms with Crippen LogP contribution >= 0.6 is 0 Å². The first kappa shape index (κ1) is 13.5. The lowest BCUT2D eigenvalue weighted by atomic mass is 9.99. The number of nitrogens with zero attached hydrogens (tertiary/aromatic N) is 1. The maximum Gasteiger partial charge on any atom is 0.194 e. The molecule has 0 bridgehead atoms. The first-order valence-electron chi connectivity index (χ1n) is 6.34. The van der Waals surface area contributed by atoms with E-state index in [1.807, 2.05) is 6.92 Å². The highest BCUT2D eigenvalue weighted by molar-refractivity contribution is 7.91. The Morgan fingerprint density at radius 3 is 2.78 bits per heavy atom. The van der Waals surface area contributed by atoms with Crippen LogP contribution < -0.4 is 5.73 Å². The summed E-state index contributed by atoms with van der Waals surface area (Å²) in [5.74, 6) is 2.48. The Kier molecular flexibility index (Phi) is 4.07. The highest BCUT2D eigenvalue weighted by atomic mass is 32.2. The van der Waals surface area contributed by atoms with Crippen LogP contribution in [-0.4, -0.2) is 30.9 Å². The molecular formula is C12H20N2O3S. The molecule has 6 heteroatoms. The fourth-order valence-corrected chi connectivity index (χ4v) is 3.83. The van der Waals surface area contributed by atoms with Crippen molar-refractivity contribution in [2.24, 2.45) is 11.7 Å². The monoisotopic (exact) mass is 272 g/mol. The summed E-state index contributed by atoms with van der Waals surface area (Å²) >= 11 is 0. The molecule has 1 saturated heterocycles. The summed E-state index contributed by atoms with van der Waals surface area (Å²) in [4.78, 5) is 4.23. The van der Waals surface area contributed by atoms with Crippen LogP contribution in [0.2, 0.25) is 0 Å². The van der Waals surface area contributed by atoms with E-state index in [0.717, 1.165) is 12.2 Å². The maximum absolute atomic E-state index is 11.3. The van der Waals surface area contributed by atoms with Gasteiger partial charge in [0.1, 0.15) is 15.6 Å². The summed E-state index contributed by atoms with van der Waals surface area (Å²) in [6.45, 7) is 1.92. The van der Waals surface area contributed by atoms with Crippen LogP contribution in [0.25, 0.3) is 0 Å². The molecule has 1 atom stereocenters. The molecular weight excluding hydrogens is 252 g/mol. The van der Waals surface area contributed by atoms with Crippen LogP contribution in [0.15, 0.2) is 10.6 Å². The molecule has 1 aromatic heterocycles. The van der Waals surface area contributed by atoms with Gasteiger partial charge in [-0.05, 0) is 25.7 Å². The van der Waals surface area contributed by atoms with Crippen molar-refractivity contribution >= 4 is 9.84 Å². The molecule has 2 heterocycles. The second-order valence-electron chi connectivity index (χ2n) is 5.20. The lowest BCUT2D eigenvalue weighted by molar-refractivity contribution is 0.382. The highest BCUT2D eigenvalue weighted by Crippen LogP contribution is 2.23. The molecule has 1 aromatic rings. The number of sulfone groups is 1. The number of oxazole rings is 1. The van der Waals surface area contributed by atoms with Crippen LogP contribution in [0.3, 0.4) is 0 Å². The zero-order valence-electron chi connectivity index (χ0n) is 10.6. The van der Waals surface area contributed by atoms with E-state index in [0.29, 0.717) is 42.6 Å². The summed E-state index contributed by atoms with van der Waals surface area (Å²) in [7, 11) is -2.79. The van der Waals surface area contributed by atoms with Crippen LogP contribution in [0.5, 0.6) is 0 Å². The molecule has 0 amide bonds. The fourth-order valence-electron chi connectivity index (χ4n) is 2.24. The molecule has 2 rings (SSSR count). The molecule has 0 aromatic carbocycles. The predicted molar refractivity (Wildman–Crippen MR) is 68.9 cm³/mol. The van der Waals surface area contributed by atoms with Gasteiger partial charge in [0.25, 0.3) is 0 Å². The molecule has 5 nitrogen and oxygen atoms in total. The Labute approximate surface area is 108 Å². The smallest absolute Gasteiger partial charge is 0.194 e. The molecule has 1 fully saturated rings. The average molecular weight is 272 g/mol. The number of rotatable bonds is 4. The Hall–Kier alpha value is -0.880. The Bertz CT molecular complexity index is 479. The standard InChI is InChI=1S/C12H20N2O3S/c1-9(13)6-11-8-14-12(17-11)7-10-2-4-18(15,16)5-3-10/h8-10H,2-7,13H2,1H3. The van der Waals surface area contributed by atoms with E-state index in [4.69, 9.17) is 10.2 Å². The second kappa shape index (κ2) is 5.40. The van der Waals surface area contributed by atoms with E-state index in [1.54, 1.807) is 6.20 Å². The molecule has 2 N–H and O–H groups in total. The van der Waals surface area contributed by atoms with Gasteiger partial charge in [-0.15, -0.1) is 0 Å². The number of aromatic nitrogens is 1. The van der Waals surface area contributed by atoms with E-state index < -0.39 is 9.84 Å². The molecule has 0 radical (unpaired) electrons. The van der Waals surface area contributed by atoms with E-state index in [2.05, 4.69) is 4.98 Å². The van der Waals surface area contributed by atoms with Crippen molar-refractivity contribution in [3.8, 4) is 0 Å². The summed E-state index contributed by atoms with van der Waals surface area (Å²) in [5.41, 5.74) is 5.69. The van der Waals surface area contributed by atoms with E-state index in [9.17, 15) is 8.42 Å². The van der Waals surface area contributed by atoms with Gasteiger partial charge in [-0.3, -0.25) is 0 Å². The SMILES string of the molecule is CC(N)Cc1cnc(CC2CCS(=O)(=O)CC2)o1. The van der Waals surface area contributed by atoms with Gasteiger partial charge in [0.05, 0.1) is 17.7 Å². The second-order valence-corrected chi connectivity index (χ2v) is 7.50. The quantitative estimate of drug-likeness (QED) is 0.881. The summed E-state index contributed by atoms with van der Waals surface area (Å²) < 4.78 is 28.3. The number of hydrogen-bond donors (Lipinski definition) is 1. The van der Waals surface area contributed by atoms with Gasteiger partial charge in [0.15, 0.2) is 5.89 Å². The van der Waals surface area contributed by atoms with Crippen LogP contribution in [0.4, 0.5) is 0 Å². The van der Waals surface area contributed by atoms with Crippen molar-refractivity contribution < 1.29 is 12.8 Å². The van der Waals surface area contributed by atoms with Gasteiger partial charge < -0.3 is 10.2 Å². The van der Waals surface area contributed by atoms with Gasteiger partial charge in [-0.1, -0.05) is 0 Å². The summed E-state index contributed by atoms with van der Waals surface area (Å²) in [5, 5.41) is 0. The van der Waals surface area contributed by atoms with Gasteiger partial charge in [0, 0.05) is 18.9 Å². The van der Waals surface area contributed by atoms with Crippen LogP contribution in [0, 0.1) is 5.92 Å². The molecule has 102 valence electrons. The largest absolute Gasteiger partial charge is 0.446 e. The third-order valence-electron chi connectivity index (χ3n) is 3.26. The molecule has 1 unspecified atom stereocenters. The number of nitrogens with two attached hydrogens (primary N) is 1. The van der Waals surface area contributed by atoms with Gasteiger partial charge in [-0.2, -0.15) is 0 Å². The van der Waals surface area contributed by atoms with Gasteiger partial charge >= 0.3 is 0 Å². The van der Waals surface area contributed by atoms with Gasteiger partial charge in [-0.25, -0.2) is 13.4 Å². The third kappa shape index (κ3) is 3.81. The lowest BCUT2D eigenvalue weighted by Crippen LogP contribution is -2.24. The Balaban J connectivity index is 1.88. The van der Waals surface area contributed by atoms with Crippen molar-refractivity contribution in [3.05, 3.63) is 17.8 Å². The van der Waals surface area contributed by atoms with Gasteiger partial charge in [0.2, 0.25) is 0 Å². The van der Waals surface area contributed by atoms with E-state index >= 15 is 0 Å². The topological polar surface area (TPSA) is 86.2 Å². The zero-order valence-corrected chi connectivity index (χ0v) is 11.4. The van der Waals surface area contributed by atoms with E-state index in [1.165, 1.54) is 0 Å². The minimum absolute atomic E-state index is 0.0608. The molecule has 0 aliphatic carbocycles. The third-order valence-corrected chi connectivity index (χ3v) is 4.98. The van der Waals surface area contributed by atoms with Crippen molar-refractivity contribution in [1.82, 2.24) is 4.98 Å². The molecule has 0 spiro atoms.